The van der Waals surface area contributed by atoms with Gasteiger partial charge in [-0.25, -0.2) is 0 Å². The van der Waals surface area contributed by atoms with E-state index in [1.54, 1.807) is 11.3 Å². The van der Waals surface area contributed by atoms with E-state index < -0.39 is 6.10 Å². The lowest BCUT2D eigenvalue weighted by molar-refractivity contribution is -0.125. The van der Waals surface area contributed by atoms with Crippen molar-refractivity contribution in [2.24, 2.45) is 5.92 Å². The van der Waals surface area contributed by atoms with Crippen LogP contribution in [-0.4, -0.2) is 17.6 Å². The molecule has 1 aromatic carbocycles. The van der Waals surface area contributed by atoms with Crippen LogP contribution in [0.1, 0.15) is 37.4 Å². The van der Waals surface area contributed by atoms with Crippen molar-refractivity contribution in [3.63, 3.8) is 0 Å². The molecule has 20 heavy (non-hydrogen) atoms. The molecule has 3 rings (SSSR count). The number of hydrogen-bond donors (Lipinski definition) is 2. The first-order valence-electron chi connectivity index (χ1n) is 7.17. The van der Waals surface area contributed by atoms with E-state index in [2.05, 4.69) is 5.32 Å². The molecule has 1 aliphatic carbocycles. The number of hydrogen-bond acceptors (Lipinski definition) is 3. The van der Waals surface area contributed by atoms with Crippen molar-refractivity contribution in [3.8, 4) is 0 Å². The van der Waals surface area contributed by atoms with E-state index in [4.69, 9.17) is 0 Å². The topological polar surface area (TPSA) is 49.3 Å². The molecule has 2 N–H and O–H groups in total. The average Bonchev–Trinajstić information content (AvgIpc) is 3.13. The molecule has 0 bridgehead atoms. The van der Waals surface area contributed by atoms with Gasteiger partial charge in [0.2, 0.25) is 5.91 Å². The lowest BCUT2D eigenvalue weighted by Gasteiger charge is -2.14. The van der Waals surface area contributed by atoms with E-state index in [-0.39, 0.29) is 11.8 Å². The van der Waals surface area contributed by atoms with Crippen LogP contribution in [0.3, 0.4) is 0 Å². The molecule has 106 valence electrons. The lowest BCUT2D eigenvalue weighted by Crippen LogP contribution is -2.32. The third-order valence-corrected chi connectivity index (χ3v) is 5.05. The van der Waals surface area contributed by atoms with Crippen LogP contribution < -0.4 is 5.32 Å². The summed E-state index contributed by atoms with van der Waals surface area (Å²) in [7, 11) is 0. The van der Waals surface area contributed by atoms with Crippen LogP contribution in [0.4, 0.5) is 0 Å². The number of benzene rings is 1. The summed E-state index contributed by atoms with van der Waals surface area (Å²) in [5.41, 5.74) is 0.914. The number of carbonyl (C=O) groups is 1. The molecule has 1 fully saturated rings. The van der Waals surface area contributed by atoms with Gasteiger partial charge in [-0.3, -0.25) is 4.79 Å². The standard InChI is InChI=1S/C16H19NO2S/c18-14(9-17-16(19)11-5-1-2-6-11)13-10-20-15-8-4-3-7-12(13)15/h3-4,7-8,10-11,14,18H,1-2,5-6,9H2,(H,17,19)/t14-/m0/s1. The van der Waals surface area contributed by atoms with Crippen molar-refractivity contribution in [2.75, 3.05) is 6.54 Å². The Kier molecular flexibility index (Phi) is 4.03. The quantitative estimate of drug-likeness (QED) is 0.908. The van der Waals surface area contributed by atoms with Crippen LogP contribution in [0.25, 0.3) is 10.1 Å². The SMILES string of the molecule is O=C(NC[C@H](O)c1csc2ccccc12)C1CCCC1. The summed E-state index contributed by atoms with van der Waals surface area (Å²) in [4.78, 5) is 12.0. The summed E-state index contributed by atoms with van der Waals surface area (Å²) in [5, 5.41) is 16.3. The van der Waals surface area contributed by atoms with Gasteiger partial charge in [0.15, 0.2) is 0 Å². The predicted molar refractivity (Wildman–Crippen MR) is 81.8 cm³/mol. The highest BCUT2D eigenvalue weighted by Gasteiger charge is 2.23. The van der Waals surface area contributed by atoms with E-state index in [9.17, 15) is 9.90 Å². The zero-order valence-electron chi connectivity index (χ0n) is 11.3. The monoisotopic (exact) mass is 289 g/mol. The largest absolute Gasteiger partial charge is 0.387 e. The van der Waals surface area contributed by atoms with Gasteiger partial charge in [0.05, 0.1) is 6.10 Å². The summed E-state index contributed by atoms with van der Waals surface area (Å²) < 4.78 is 1.17. The second kappa shape index (κ2) is 5.94. The highest BCUT2D eigenvalue weighted by Crippen LogP contribution is 2.30. The summed E-state index contributed by atoms with van der Waals surface area (Å²) in [6, 6.07) is 8.04. The first-order chi connectivity index (χ1) is 9.75. The van der Waals surface area contributed by atoms with Gasteiger partial charge < -0.3 is 10.4 Å². The molecule has 0 radical (unpaired) electrons. The van der Waals surface area contributed by atoms with Gasteiger partial charge in [-0.15, -0.1) is 11.3 Å². The maximum atomic E-state index is 12.0. The number of rotatable bonds is 4. The maximum absolute atomic E-state index is 12.0. The predicted octanol–water partition coefficient (Wildman–Crippen LogP) is 3.24. The zero-order chi connectivity index (χ0) is 13.9. The van der Waals surface area contributed by atoms with Gasteiger partial charge in [-0.05, 0) is 29.7 Å². The molecule has 1 heterocycles. The first kappa shape index (κ1) is 13.6. The van der Waals surface area contributed by atoms with E-state index in [1.165, 1.54) is 4.70 Å². The van der Waals surface area contributed by atoms with E-state index >= 15 is 0 Å². The fraction of sp³-hybridized carbons (Fsp3) is 0.438. The van der Waals surface area contributed by atoms with Gasteiger partial charge in [-0.2, -0.15) is 0 Å². The molecule has 1 aliphatic rings. The molecule has 4 heteroatoms. The summed E-state index contributed by atoms with van der Waals surface area (Å²) in [6.45, 7) is 0.302. The van der Waals surface area contributed by atoms with Crippen molar-refractivity contribution in [3.05, 3.63) is 35.2 Å². The van der Waals surface area contributed by atoms with Gasteiger partial charge in [0.1, 0.15) is 0 Å². The molecular weight excluding hydrogens is 270 g/mol. The van der Waals surface area contributed by atoms with Crippen LogP contribution in [0.2, 0.25) is 0 Å². The minimum absolute atomic E-state index is 0.0982. The van der Waals surface area contributed by atoms with Gasteiger partial charge >= 0.3 is 0 Å². The Balaban J connectivity index is 1.64. The molecule has 0 spiro atoms. The minimum Gasteiger partial charge on any atom is -0.387 e. The van der Waals surface area contributed by atoms with Gasteiger partial charge in [0, 0.05) is 22.7 Å². The third kappa shape index (κ3) is 2.72. The maximum Gasteiger partial charge on any atom is 0.223 e. The number of carbonyl (C=O) groups excluding carboxylic acids is 1. The number of nitrogens with one attached hydrogen (secondary N) is 1. The Morgan fingerprint density at radius 1 is 1.35 bits per heavy atom. The van der Waals surface area contributed by atoms with Gasteiger partial charge in [0.25, 0.3) is 0 Å². The van der Waals surface area contributed by atoms with Crippen molar-refractivity contribution in [1.82, 2.24) is 5.32 Å². The van der Waals surface area contributed by atoms with Crippen LogP contribution >= 0.6 is 11.3 Å². The molecule has 1 amide bonds. The van der Waals surface area contributed by atoms with Gasteiger partial charge in [-0.1, -0.05) is 31.0 Å². The van der Waals surface area contributed by atoms with Crippen molar-refractivity contribution in [2.45, 2.75) is 31.8 Å². The summed E-state index contributed by atoms with van der Waals surface area (Å²) in [5.74, 6) is 0.252. The number of fused-ring (bicyclic) bond motifs is 1. The van der Waals surface area contributed by atoms with Crippen molar-refractivity contribution in [1.29, 1.82) is 0 Å². The molecule has 0 saturated heterocycles. The fourth-order valence-electron chi connectivity index (χ4n) is 2.90. The normalized spacial score (nSPS) is 17.4. The van der Waals surface area contributed by atoms with E-state index in [0.717, 1.165) is 36.6 Å². The van der Waals surface area contributed by atoms with Crippen LogP contribution in [0.5, 0.6) is 0 Å². The average molecular weight is 289 g/mol. The molecule has 1 atom stereocenters. The molecular formula is C16H19NO2S. The lowest BCUT2D eigenvalue weighted by atomic mass is 10.1. The Morgan fingerprint density at radius 3 is 2.90 bits per heavy atom. The van der Waals surface area contributed by atoms with E-state index in [1.807, 2.05) is 29.6 Å². The van der Waals surface area contributed by atoms with Crippen LogP contribution in [0, 0.1) is 5.92 Å². The highest BCUT2D eigenvalue weighted by atomic mass is 32.1. The number of aliphatic hydroxyl groups is 1. The molecule has 3 nitrogen and oxygen atoms in total. The smallest absolute Gasteiger partial charge is 0.223 e. The Hall–Kier alpha value is -1.39. The minimum atomic E-state index is -0.628. The van der Waals surface area contributed by atoms with Crippen molar-refractivity contribution < 1.29 is 9.90 Å². The summed E-state index contributed by atoms with van der Waals surface area (Å²) in [6.07, 6.45) is 3.65. The highest BCUT2D eigenvalue weighted by molar-refractivity contribution is 7.17. The van der Waals surface area contributed by atoms with Crippen LogP contribution in [-0.2, 0) is 4.79 Å². The third-order valence-electron chi connectivity index (χ3n) is 4.07. The number of thiophene rings is 1. The molecule has 0 aliphatic heterocycles. The first-order valence-corrected chi connectivity index (χ1v) is 8.05. The Labute approximate surface area is 122 Å². The van der Waals surface area contributed by atoms with E-state index in [0.29, 0.717) is 6.54 Å². The number of aliphatic hydroxyl groups excluding tert-OH is 1. The second-order valence-electron chi connectivity index (χ2n) is 5.43. The Morgan fingerprint density at radius 2 is 2.10 bits per heavy atom. The zero-order valence-corrected chi connectivity index (χ0v) is 12.2. The fourth-order valence-corrected chi connectivity index (χ4v) is 3.90. The van der Waals surface area contributed by atoms with Crippen LogP contribution in [0.15, 0.2) is 29.6 Å². The molecule has 1 aromatic heterocycles. The van der Waals surface area contributed by atoms with Crippen molar-refractivity contribution >= 4 is 27.3 Å². The Bertz CT molecular complexity index is 601. The molecule has 2 aromatic rings. The second-order valence-corrected chi connectivity index (χ2v) is 6.34. The summed E-state index contributed by atoms with van der Waals surface area (Å²) >= 11 is 1.63. The number of amides is 1. The molecule has 1 saturated carbocycles. The molecule has 0 unspecified atom stereocenters.